The molecule has 2 heterocycles. The van der Waals surface area contributed by atoms with Gasteiger partial charge in [-0.3, -0.25) is 4.79 Å². The Balaban J connectivity index is 1.85. The Morgan fingerprint density at radius 3 is 2.43 bits per heavy atom. The van der Waals surface area contributed by atoms with Crippen molar-refractivity contribution in [1.29, 1.82) is 0 Å². The van der Waals surface area contributed by atoms with E-state index in [9.17, 15) is 13.2 Å². The van der Waals surface area contributed by atoms with Crippen molar-refractivity contribution in [1.82, 2.24) is 19.4 Å². The van der Waals surface area contributed by atoms with Crippen LogP contribution in [0.2, 0.25) is 5.02 Å². The Bertz CT molecular complexity index is 1210. The number of aryl methyl sites for hydroxylation is 1. The highest BCUT2D eigenvalue weighted by atomic mass is 35.5. The summed E-state index contributed by atoms with van der Waals surface area (Å²) in [7, 11) is -4.01. The van der Waals surface area contributed by atoms with Crippen LogP contribution in [0, 0.1) is 13.8 Å². The normalized spacial score (nSPS) is 17.7. The Labute approximate surface area is 180 Å². The number of aromatic nitrogens is 2. The van der Waals surface area contributed by atoms with Crippen LogP contribution in [0.3, 0.4) is 0 Å². The summed E-state index contributed by atoms with van der Waals surface area (Å²) in [4.78, 5) is 12.9. The fraction of sp³-hybridized carbons (Fsp3) is 0.238. The van der Waals surface area contributed by atoms with Crippen LogP contribution in [0.4, 0.5) is 0 Å². The van der Waals surface area contributed by atoms with Crippen molar-refractivity contribution in [2.24, 2.45) is 0 Å². The van der Waals surface area contributed by atoms with Crippen LogP contribution in [0.15, 0.2) is 59.5 Å². The topological polar surface area (TPSA) is 84.3 Å². The molecule has 1 aliphatic heterocycles. The number of nitrogens with zero attached hydrogens (tertiary/aromatic N) is 3. The van der Waals surface area contributed by atoms with Crippen molar-refractivity contribution in [2.45, 2.75) is 24.8 Å². The van der Waals surface area contributed by atoms with Crippen LogP contribution in [-0.4, -0.2) is 41.5 Å². The van der Waals surface area contributed by atoms with E-state index in [0.29, 0.717) is 17.0 Å². The second-order valence-corrected chi connectivity index (χ2v) is 9.34. The largest absolute Gasteiger partial charge is 0.353 e. The van der Waals surface area contributed by atoms with Crippen LogP contribution < -0.4 is 5.32 Å². The van der Waals surface area contributed by atoms with Gasteiger partial charge in [0.15, 0.2) is 0 Å². The van der Waals surface area contributed by atoms with E-state index in [2.05, 4.69) is 10.4 Å². The average molecular weight is 445 g/mol. The highest BCUT2D eigenvalue weighted by molar-refractivity contribution is 7.89. The van der Waals surface area contributed by atoms with Gasteiger partial charge in [0.05, 0.1) is 16.4 Å². The highest BCUT2D eigenvalue weighted by Crippen LogP contribution is 2.35. The Morgan fingerprint density at radius 1 is 1.07 bits per heavy atom. The van der Waals surface area contributed by atoms with Gasteiger partial charge in [-0.2, -0.15) is 9.40 Å². The van der Waals surface area contributed by atoms with Crippen molar-refractivity contribution in [3.05, 3.63) is 76.6 Å². The zero-order chi connectivity index (χ0) is 21.5. The molecule has 156 valence electrons. The van der Waals surface area contributed by atoms with Crippen molar-refractivity contribution >= 4 is 27.5 Å². The van der Waals surface area contributed by atoms with Gasteiger partial charge in [0.2, 0.25) is 15.9 Å². The van der Waals surface area contributed by atoms with E-state index in [4.69, 9.17) is 11.6 Å². The number of halogens is 1. The second kappa shape index (κ2) is 7.86. The van der Waals surface area contributed by atoms with Gasteiger partial charge < -0.3 is 5.32 Å². The predicted molar refractivity (Wildman–Crippen MR) is 114 cm³/mol. The number of carbonyl (C=O) groups is 1. The Hall–Kier alpha value is -2.68. The first-order valence-corrected chi connectivity index (χ1v) is 11.3. The number of benzene rings is 2. The number of amides is 1. The van der Waals surface area contributed by atoms with Gasteiger partial charge >= 0.3 is 0 Å². The van der Waals surface area contributed by atoms with Crippen LogP contribution in [0.1, 0.15) is 23.0 Å². The van der Waals surface area contributed by atoms with Crippen LogP contribution >= 0.6 is 11.6 Å². The highest BCUT2D eigenvalue weighted by Gasteiger charge is 2.42. The molecule has 3 aromatic rings. The molecule has 4 rings (SSSR count). The predicted octanol–water partition coefficient (Wildman–Crippen LogP) is 3.00. The maximum absolute atomic E-state index is 13.5. The van der Waals surface area contributed by atoms with Crippen molar-refractivity contribution in [3.8, 4) is 5.69 Å². The van der Waals surface area contributed by atoms with Crippen LogP contribution in [0.25, 0.3) is 5.69 Å². The van der Waals surface area contributed by atoms with E-state index in [0.717, 1.165) is 5.69 Å². The molecule has 1 amide bonds. The number of carbonyl (C=O) groups excluding carboxylic acids is 1. The van der Waals surface area contributed by atoms with E-state index in [-0.39, 0.29) is 28.9 Å². The molecular weight excluding hydrogens is 424 g/mol. The van der Waals surface area contributed by atoms with Crippen molar-refractivity contribution < 1.29 is 13.2 Å². The van der Waals surface area contributed by atoms with Gasteiger partial charge in [0, 0.05) is 24.3 Å². The number of hydrogen-bond donors (Lipinski definition) is 1. The van der Waals surface area contributed by atoms with Crippen LogP contribution in [0.5, 0.6) is 0 Å². The van der Waals surface area contributed by atoms with Gasteiger partial charge in [-0.1, -0.05) is 41.9 Å². The average Bonchev–Trinajstić information content (AvgIpc) is 3.02. The van der Waals surface area contributed by atoms with Gasteiger partial charge in [-0.15, -0.1) is 0 Å². The second-order valence-electron chi connectivity index (χ2n) is 7.07. The third-order valence-electron chi connectivity index (χ3n) is 5.21. The molecule has 1 aromatic heterocycles. The molecular formula is C21H21ClN4O3S. The molecule has 9 heteroatoms. The molecule has 0 aliphatic carbocycles. The summed E-state index contributed by atoms with van der Waals surface area (Å²) in [6, 6.07) is 14.7. The number of sulfonamides is 1. The fourth-order valence-corrected chi connectivity index (χ4v) is 5.89. The molecule has 1 unspecified atom stereocenters. The maximum Gasteiger partial charge on any atom is 0.245 e. The lowest BCUT2D eigenvalue weighted by Gasteiger charge is -2.34. The number of hydrogen-bond acceptors (Lipinski definition) is 4. The monoisotopic (exact) mass is 444 g/mol. The van der Waals surface area contributed by atoms with E-state index in [1.165, 1.54) is 16.4 Å². The first kappa shape index (κ1) is 20.6. The molecule has 0 spiro atoms. The van der Waals surface area contributed by atoms with Crippen molar-refractivity contribution in [3.63, 3.8) is 0 Å². The van der Waals surface area contributed by atoms with E-state index in [1.54, 1.807) is 23.7 Å². The summed E-state index contributed by atoms with van der Waals surface area (Å²) >= 11 is 6.18. The van der Waals surface area contributed by atoms with Gasteiger partial charge in [0.1, 0.15) is 10.9 Å². The molecule has 1 fully saturated rings. The lowest BCUT2D eigenvalue weighted by Crippen LogP contribution is -2.52. The fourth-order valence-electron chi connectivity index (χ4n) is 3.83. The summed E-state index contributed by atoms with van der Waals surface area (Å²) in [6.07, 6.45) is 0. The molecule has 1 aliphatic rings. The molecule has 0 bridgehead atoms. The standard InChI is InChI=1S/C21H21ClN4O3S/c1-14-19(15(2)26(24-14)16-8-4-3-5-9-16)20-21(27)23-12-13-25(20)30(28,29)18-11-7-6-10-17(18)22/h3-11,20H,12-13H2,1-2H3,(H,23,27). The molecule has 0 radical (unpaired) electrons. The third kappa shape index (κ3) is 3.40. The molecule has 1 saturated heterocycles. The number of piperazine rings is 1. The lowest BCUT2D eigenvalue weighted by atomic mass is 10.0. The molecule has 0 saturated carbocycles. The molecule has 1 N–H and O–H groups in total. The first-order valence-electron chi connectivity index (χ1n) is 9.48. The lowest BCUT2D eigenvalue weighted by molar-refractivity contribution is -0.127. The third-order valence-corrected chi connectivity index (χ3v) is 7.58. The van der Waals surface area contributed by atoms with Gasteiger partial charge in [-0.05, 0) is 38.1 Å². The maximum atomic E-state index is 13.5. The summed E-state index contributed by atoms with van der Waals surface area (Å²) in [5.41, 5.74) is 2.71. The number of nitrogens with one attached hydrogen (secondary N) is 1. The smallest absolute Gasteiger partial charge is 0.245 e. The van der Waals surface area contributed by atoms with E-state index < -0.39 is 16.1 Å². The zero-order valence-corrected chi connectivity index (χ0v) is 18.1. The molecule has 30 heavy (non-hydrogen) atoms. The van der Waals surface area contributed by atoms with E-state index in [1.807, 2.05) is 37.3 Å². The SMILES string of the molecule is Cc1nn(-c2ccccc2)c(C)c1C1C(=O)NCCN1S(=O)(=O)c1ccccc1Cl. The Morgan fingerprint density at radius 2 is 1.73 bits per heavy atom. The molecule has 1 atom stereocenters. The molecule has 7 nitrogen and oxygen atoms in total. The quantitative estimate of drug-likeness (QED) is 0.670. The summed E-state index contributed by atoms with van der Waals surface area (Å²) in [5.74, 6) is -0.379. The first-order chi connectivity index (χ1) is 14.3. The van der Waals surface area contributed by atoms with E-state index >= 15 is 0 Å². The summed E-state index contributed by atoms with van der Waals surface area (Å²) < 4.78 is 29.9. The van der Waals surface area contributed by atoms with Crippen LogP contribution in [-0.2, 0) is 14.8 Å². The minimum Gasteiger partial charge on any atom is -0.353 e. The van der Waals surface area contributed by atoms with Gasteiger partial charge in [0.25, 0.3) is 0 Å². The number of rotatable bonds is 4. The zero-order valence-electron chi connectivity index (χ0n) is 16.5. The van der Waals surface area contributed by atoms with Gasteiger partial charge in [-0.25, -0.2) is 13.1 Å². The Kier molecular flexibility index (Phi) is 5.40. The summed E-state index contributed by atoms with van der Waals surface area (Å²) in [5, 5.41) is 7.49. The minimum atomic E-state index is -4.01. The summed E-state index contributed by atoms with van der Waals surface area (Å²) in [6.45, 7) is 3.98. The van der Waals surface area contributed by atoms with Crippen molar-refractivity contribution in [2.75, 3.05) is 13.1 Å². The molecule has 2 aromatic carbocycles. The minimum absolute atomic E-state index is 0.0166. The number of para-hydroxylation sites is 1.